The Balaban J connectivity index is 1.62. The molecule has 1 aromatic rings. The number of rotatable bonds is 6. The number of carbonyl (C=O) groups excluding carboxylic acids is 1. The van der Waals surface area contributed by atoms with Gasteiger partial charge in [-0.15, -0.1) is 0 Å². The Kier molecular flexibility index (Phi) is 7.02. The number of piperidine rings is 1. The first-order valence-corrected chi connectivity index (χ1v) is 11.6. The van der Waals surface area contributed by atoms with Crippen LogP contribution in [-0.2, 0) is 14.8 Å². The van der Waals surface area contributed by atoms with E-state index in [0.29, 0.717) is 25.4 Å². The fourth-order valence-corrected chi connectivity index (χ4v) is 5.57. The van der Waals surface area contributed by atoms with Crippen LogP contribution in [0.1, 0.15) is 19.8 Å². The molecule has 8 nitrogen and oxygen atoms in total. The van der Waals surface area contributed by atoms with E-state index in [4.69, 9.17) is 9.47 Å². The first-order chi connectivity index (χ1) is 13.8. The Morgan fingerprint density at radius 1 is 1.10 bits per heavy atom. The van der Waals surface area contributed by atoms with Gasteiger partial charge in [-0.2, -0.15) is 4.31 Å². The van der Waals surface area contributed by atoms with Crippen molar-refractivity contribution in [2.45, 2.75) is 24.7 Å². The maximum atomic E-state index is 13.1. The molecule has 0 aliphatic carbocycles. The third-order valence-corrected chi connectivity index (χ3v) is 7.88. The number of amides is 1. The highest BCUT2D eigenvalue weighted by Crippen LogP contribution is 2.31. The van der Waals surface area contributed by atoms with Crippen LogP contribution in [0.25, 0.3) is 0 Å². The molecule has 0 unspecified atom stereocenters. The van der Waals surface area contributed by atoms with Crippen molar-refractivity contribution in [3.63, 3.8) is 0 Å². The summed E-state index contributed by atoms with van der Waals surface area (Å²) in [5.41, 5.74) is 0. The van der Waals surface area contributed by atoms with Crippen LogP contribution in [0.3, 0.4) is 0 Å². The van der Waals surface area contributed by atoms with Gasteiger partial charge in [0.15, 0.2) is 6.54 Å². The van der Waals surface area contributed by atoms with E-state index < -0.39 is 10.0 Å². The van der Waals surface area contributed by atoms with Crippen molar-refractivity contribution in [2.24, 2.45) is 5.92 Å². The average Bonchev–Trinajstić information content (AvgIpc) is 2.74. The smallest absolute Gasteiger partial charge is 0.277 e. The lowest BCUT2D eigenvalue weighted by Crippen LogP contribution is -3.14. The van der Waals surface area contributed by atoms with Crippen LogP contribution in [0, 0.1) is 5.92 Å². The summed E-state index contributed by atoms with van der Waals surface area (Å²) in [5.74, 6) is 1.60. The van der Waals surface area contributed by atoms with Crippen LogP contribution in [0.2, 0.25) is 0 Å². The van der Waals surface area contributed by atoms with Gasteiger partial charge in [0.1, 0.15) is 16.4 Å². The van der Waals surface area contributed by atoms with Crippen molar-refractivity contribution >= 4 is 15.9 Å². The summed E-state index contributed by atoms with van der Waals surface area (Å²) in [5, 5.41) is 0. The molecular formula is C20H32N3O5S+. The van der Waals surface area contributed by atoms with Gasteiger partial charge < -0.3 is 19.3 Å². The van der Waals surface area contributed by atoms with Crippen LogP contribution >= 0.6 is 0 Å². The molecule has 2 saturated heterocycles. The zero-order valence-electron chi connectivity index (χ0n) is 17.5. The fraction of sp³-hybridized carbons (Fsp3) is 0.650. The van der Waals surface area contributed by atoms with E-state index >= 15 is 0 Å². The summed E-state index contributed by atoms with van der Waals surface area (Å²) in [6.07, 6.45) is 2.33. The molecule has 0 bridgehead atoms. The maximum absolute atomic E-state index is 13.1. The standard InChI is InChI=1S/C20H31N3O5S/c1-16-6-8-21(9-7-16)15-20(24)22-10-12-23(13-11-22)29(25,26)19-14-17(27-2)4-5-18(19)28-3/h4-5,14,16H,6-13,15H2,1-3H3/p+1. The molecule has 2 fully saturated rings. The number of ether oxygens (including phenoxy) is 2. The minimum atomic E-state index is -3.73. The van der Waals surface area contributed by atoms with Crippen molar-refractivity contribution in [3.05, 3.63) is 18.2 Å². The van der Waals surface area contributed by atoms with E-state index in [1.165, 1.54) is 29.5 Å². The second kappa shape index (κ2) is 9.32. The van der Waals surface area contributed by atoms with Crippen LogP contribution < -0.4 is 14.4 Å². The van der Waals surface area contributed by atoms with Gasteiger partial charge in [0.25, 0.3) is 5.91 Å². The van der Waals surface area contributed by atoms with E-state index in [9.17, 15) is 13.2 Å². The molecule has 2 aliphatic heterocycles. The van der Waals surface area contributed by atoms with Crippen molar-refractivity contribution in [2.75, 3.05) is 60.0 Å². The minimum Gasteiger partial charge on any atom is -0.497 e. The predicted molar refractivity (Wildman–Crippen MR) is 109 cm³/mol. The summed E-state index contributed by atoms with van der Waals surface area (Å²) >= 11 is 0. The molecule has 1 aromatic carbocycles. The highest BCUT2D eigenvalue weighted by molar-refractivity contribution is 7.89. The van der Waals surface area contributed by atoms with Crippen molar-refractivity contribution in [1.29, 1.82) is 0 Å². The fourth-order valence-electron chi connectivity index (χ4n) is 3.98. The number of carbonyl (C=O) groups is 1. The van der Waals surface area contributed by atoms with E-state index in [1.807, 2.05) is 0 Å². The van der Waals surface area contributed by atoms with Gasteiger partial charge >= 0.3 is 0 Å². The molecule has 2 heterocycles. The molecule has 0 aromatic heterocycles. The SMILES string of the molecule is COc1ccc(OC)c(S(=O)(=O)N2CCN(C(=O)C[NH+]3CCC(C)CC3)CC2)c1. The molecule has 0 spiro atoms. The topological polar surface area (TPSA) is 80.6 Å². The molecule has 2 aliphatic rings. The number of benzene rings is 1. The lowest BCUT2D eigenvalue weighted by molar-refractivity contribution is -0.898. The second-order valence-electron chi connectivity index (χ2n) is 7.91. The number of nitrogens with zero attached hydrogens (tertiary/aromatic N) is 2. The molecule has 9 heteroatoms. The molecule has 0 atom stereocenters. The largest absolute Gasteiger partial charge is 0.497 e. The van der Waals surface area contributed by atoms with Crippen LogP contribution in [0.5, 0.6) is 11.5 Å². The maximum Gasteiger partial charge on any atom is 0.277 e. The number of hydrogen-bond donors (Lipinski definition) is 1. The van der Waals surface area contributed by atoms with E-state index in [-0.39, 0.29) is 29.6 Å². The zero-order chi connectivity index (χ0) is 21.0. The molecular weight excluding hydrogens is 394 g/mol. The molecule has 162 valence electrons. The molecule has 3 rings (SSSR count). The van der Waals surface area contributed by atoms with Gasteiger partial charge in [-0.1, -0.05) is 6.92 Å². The minimum absolute atomic E-state index is 0.0889. The van der Waals surface area contributed by atoms with Gasteiger partial charge in [0.2, 0.25) is 10.0 Å². The average molecular weight is 427 g/mol. The Bertz CT molecular complexity index is 813. The second-order valence-corrected chi connectivity index (χ2v) is 9.82. The number of piperazine rings is 1. The van der Waals surface area contributed by atoms with E-state index in [0.717, 1.165) is 31.8 Å². The van der Waals surface area contributed by atoms with Gasteiger partial charge in [-0.05, 0) is 30.9 Å². The summed E-state index contributed by atoms with van der Waals surface area (Å²) < 4.78 is 38.1. The van der Waals surface area contributed by atoms with E-state index in [2.05, 4.69) is 6.92 Å². The molecule has 0 saturated carbocycles. The third kappa shape index (κ3) is 5.02. The molecule has 29 heavy (non-hydrogen) atoms. The number of quaternary nitrogens is 1. The van der Waals surface area contributed by atoms with Gasteiger partial charge in [-0.3, -0.25) is 4.79 Å². The molecule has 1 N–H and O–H groups in total. The lowest BCUT2D eigenvalue weighted by Gasteiger charge is -2.35. The van der Waals surface area contributed by atoms with Crippen LogP contribution in [0.15, 0.2) is 23.1 Å². The summed E-state index contributed by atoms with van der Waals surface area (Å²) in [4.78, 5) is 15.9. The zero-order valence-corrected chi connectivity index (χ0v) is 18.3. The predicted octanol–water partition coefficient (Wildman–Crippen LogP) is -0.148. The monoisotopic (exact) mass is 426 g/mol. The summed E-state index contributed by atoms with van der Waals surface area (Å²) in [7, 11) is -0.796. The summed E-state index contributed by atoms with van der Waals surface area (Å²) in [6.45, 7) is 6.22. The molecule has 0 radical (unpaired) electrons. The highest BCUT2D eigenvalue weighted by atomic mass is 32.2. The van der Waals surface area contributed by atoms with Crippen molar-refractivity contribution in [3.8, 4) is 11.5 Å². The normalized spacial score (nSPS) is 23.6. The Hall–Kier alpha value is -1.84. The third-order valence-electron chi connectivity index (χ3n) is 5.96. The Labute approximate surface area is 173 Å². The lowest BCUT2D eigenvalue weighted by atomic mass is 9.99. The van der Waals surface area contributed by atoms with Crippen LogP contribution in [0.4, 0.5) is 0 Å². The Morgan fingerprint density at radius 3 is 2.34 bits per heavy atom. The number of methoxy groups -OCH3 is 2. The van der Waals surface area contributed by atoms with Crippen LogP contribution in [-0.4, -0.2) is 83.6 Å². The number of hydrogen-bond acceptors (Lipinski definition) is 5. The quantitative estimate of drug-likeness (QED) is 0.685. The van der Waals surface area contributed by atoms with Gasteiger partial charge in [-0.25, -0.2) is 8.42 Å². The Morgan fingerprint density at radius 2 is 1.76 bits per heavy atom. The van der Waals surface area contributed by atoms with Crippen molar-refractivity contribution < 1.29 is 27.6 Å². The summed E-state index contributed by atoms with van der Waals surface area (Å²) in [6, 6.07) is 4.73. The van der Waals surface area contributed by atoms with Crippen molar-refractivity contribution in [1.82, 2.24) is 9.21 Å². The van der Waals surface area contributed by atoms with Gasteiger partial charge in [0.05, 0.1) is 27.3 Å². The highest BCUT2D eigenvalue weighted by Gasteiger charge is 2.33. The van der Waals surface area contributed by atoms with Gasteiger partial charge in [0, 0.05) is 32.2 Å². The number of likely N-dealkylation sites (tertiary alicyclic amines) is 1. The first kappa shape index (κ1) is 21.9. The number of sulfonamides is 1. The first-order valence-electron chi connectivity index (χ1n) is 10.2. The molecule has 1 amide bonds. The number of nitrogens with one attached hydrogen (secondary N) is 1. The van der Waals surface area contributed by atoms with E-state index in [1.54, 1.807) is 17.0 Å².